The molecule has 0 spiro atoms. The van der Waals surface area contributed by atoms with Crippen LogP contribution in [0.25, 0.3) is 11.1 Å². The van der Waals surface area contributed by atoms with Crippen LogP contribution in [-0.2, 0) is 0 Å². The van der Waals surface area contributed by atoms with Gasteiger partial charge in [0, 0.05) is 35.6 Å². The van der Waals surface area contributed by atoms with Crippen molar-refractivity contribution in [1.82, 2.24) is 0 Å². The standard InChI is InChI=1S/C43H42N2P2/c1-2-16-32-44-38-28-18-30-40(46(34-20-8-4-9-21-34)35-22-10-5-11-23-35)42(38)43-39(45-33-17-3-1)29-19-31-41(43)47(36-24-12-6-13-25-36)37-26-14-7-15-27-37/h4-15,18-31,44-45H,1-3,16-17,32-33H2. The van der Waals surface area contributed by atoms with Gasteiger partial charge in [-0.05, 0) is 72.6 Å². The molecule has 0 aliphatic carbocycles. The molecule has 47 heavy (non-hydrogen) atoms. The summed E-state index contributed by atoms with van der Waals surface area (Å²) < 4.78 is 0. The van der Waals surface area contributed by atoms with Gasteiger partial charge in [0.2, 0.25) is 0 Å². The van der Waals surface area contributed by atoms with E-state index in [-0.39, 0.29) is 0 Å². The summed E-state index contributed by atoms with van der Waals surface area (Å²) in [6.07, 6.45) is 6.16. The molecule has 0 saturated heterocycles. The van der Waals surface area contributed by atoms with Crippen LogP contribution in [0.2, 0.25) is 0 Å². The van der Waals surface area contributed by atoms with E-state index in [0.29, 0.717) is 0 Å². The van der Waals surface area contributed by atoms with Crippen molar-refractivity contribution >= 4 is 59.0 Å². The van der Waals surface area contributed by atoms with Crippen LogP contribution in [0.4, 0.5) is 11.4 Å². The minimum atomic E-state index is -0.839. The number of benzene rings is 6. The highest BCUT2D eigenvalue weighted by molar-refractivity contribution is 7.80. The average Bonchev–Trinajstić information content (AvgIpc) is 3.15. The summed E-state index contributed by atoms with van der Waals surface area (Å²) in [5.74, 6) is 0. The molecule has 4 heteroatoms. The van der Waals surface area contributed by atoms with E-state index in [1.807, 2.05) is 0 Å². The zero-order chi connectivity index (χ0) is 31.7. The molecular weight excluding hydrogens is 606 g/mol. The Morgan fingerprint density at radius 3 is 0.979 bits per heavy atom. The molecule has 1 heterocycles. The Morgan fingerprint density at radius 1 is 0.319 bits per heavy atom. The molecule has 2 N–H and O–H groups in total. The van der Waals surface area contributed by atoms with E-state index in [1.54, 1.807) is 0 Å². The quantitative estimate of drug-likeness (QED) is 0.177. The summed E-state index contributed by atoms with van der Waals surface area (Å²) in [6, 6.07) is 58.6. The summed E-state index contributed by atoms with van der Waals surface area (Å²) in [5, 5.41) is 16.2. The first kappa shape index (κ1) is 31.4. The predicted octanol–water partition coefficient (Wildman–Crippen LogP) is 8.66. The number of rotatable bonds is 6. The molecular formula is C43H42N2P2. The summed E-state index contributed by atoms with van der Waals surface area (Å²) in [7, 11) is -1.68. The van der Waals surface area contributed by atoms with Crippen molar-refractivity contribution < 1.29 is 0 Å². The first-order valence-corrected chi connectivity index (χ1v) is 19.6. The van der Waals surface area contributed by atoms with Crippen molar-refractivity contribution in [3.8, 4) is 11.1 Å². The van der Waals surface area contributed by atoms with E-state index >= 15 is 0 Å². The van der Waals surface area contributed by atoms with Gasteiger partial charge >= 0.3 is 0 Å². The lowest BCUT2D eigenvalue weighted by atomic mass is 10.0. The summed E-state index contributed by atoms with van der Waals surface area (Å²) in [5.41, 5.74) is 5.13. The van der Waals surface area contributed by atoms with Crippen molar-refractivity contribution in [2.75, 3.05) is 23.7 Å². The number of fused-ring (bicyclic) bond motifs is 3. The van der Waals surface area contributed by atoms with Crippen LogP contribution in [0, 0.1) is 0 Å². The smallest absolute Gasteiger partial charge is 0.0427 e. The lowest BCUT2D eigenvalue weighted by molar-refractivity contribution is 0.636. The second-order valence-corrected chi connectivity index (χ2v) is 16.4. The first-order chi connectivity index (χ1) is 23.4. The van der Waals surface area contributed by atoms with Crippen LogP contribution >= 0.6 is 15.8 Å². The Kier molecular flexibility index (Phi) is 10.4. The topological polar surface area (TPSA) is 24.1 Å². The van der Waals surface area contributed by atoms with E-state index in [4.69, 9.17) is 0 Å². The molecule has 0 radical (unpaired) electrons. The normalized spacial score (nSPS) is 13.7. The van der Waals surface area contributed by atoms with Gasteiger partial charge in [-0.1, -0.05) is 165 Å². The fourth-order valence-electron chi connectivity index (χ4n) is 6.66. The molecule has 0 fully saturated rings. The van der Waals surface area contributed by atoms with Crippen molar-refractivity contribution in [2.45, 2.75) is 32.1 Å². The number of hydrogen-bond donors (Lipinski definition) is 2. The van der Waals surface area contributed by atoms with Gasteiger partial charge in [0.15, 0.2) is 0 Å². The molecule has 6 aromatic carbocycles. The molecule has 0 saturated carbocycles. The van der Waals surface area contributed by atoms with E-state index in [0.717, 1.165) is 13.1 Å². The molecule has 6 aromatic rings. The van der Waals surface area contributed by atoms with E-state index in [9.17, 15) is 0 Å². The zero-order valence-corrected chi connectivity index (χ0v) is 28.6. The Balaban J connectivity index is 1.55. The molecule has 0 aromatic heterocycles. The van der Waals surface area contributed by atoms with Crippen molar-refractivity contribution in [3.63, 3.8) is 0 Å². The Morgan fingerprint density at radius 2 is 0.638 bits per heavy atom. The third-order valence-electron chi connectivity index (χ3n) is 8.86. The fourth-order valence-corrected chi connectivity index (χ4v) is 11.6. The Hall–Kier alpha value is -4.22. The van der Waals surface area contributed by atoms with Gasteiger partial charge in [-0.25, -0.2) is 0 Å². The lowest BCUT2D eigenvalue weighted by Crippen LogP contribution is -2.27. The van der Waals surface area contributed by atoms with Crippen LogP contribution in [0.1, 0.15) is 32.1 Å². The largest absolute Gasteiger partial charge is 0.385 e. The second-order valence-electron chi connectivity index (χ2n) is 12.0. The summed E-state index contributed by atoms with van der Waals surface area (Å²) in [6.45, 7) is 1.95. The number of anilines is 2. The Labute approximate surface area is 282 Å². The average molecular weight is 649 g/mol. The summed E-state index contributed by atoms with van der Waals surface area (Å²) >= 11 is 0. The van der Waals surface area contributed by atoms with Gasteiger partial charge in [-0.3, -0.25) is 0 Å². The van der Waals surface area contributed by atoms with Crippen LogP contribution in [0.15, 0.2) is 158 Å². The second kappa shape index (κ2) is 15.6. The minimum absolute atomic E-state index is 0.839. The third kappa shape index (κ3) is 7.21. The molecule has 2 nitrogen and oxygen atoms in total. The molecule has 0 unspecified atom stereocenters. The van der Waals surface area contributed by atoms with Gasteiger partial charge in [-0.15, -0.1) is 0 Å². The maximum atomic E-state index is 3.98. The van der Waals surface area contributed by atoms with Gasteiger partial charge in [0.05, 0.1) is 0 Å². The minimum Gasteiger partial charge on any atom is -0.385 e. The maximum absolute atomic E-state index is 3.98. The first-order valence-electron chi connectivity index (χ1n) is 16.9. The molecule has 1 aliphatic heterocycles. The van der Waals surface area contributed by atoms with Crippen molar-refractivity contribution in [3.05, 3.63) is 158 Å². The van der Waals surface area contributed by atoms with Crippen molar-refractivity contribution in [2.24, 2.45) is 0 Å². The van der Waals surface area contributed by atoms with E-state index in [2.05, 4.69) is 168 Å². The molecule has 1 aliphatic rings. The van der Waals surface area contributed by atoms with E-state index in [1.165, 1.54) is 86.4 Å². The predicted molar refractivity (Wildman–Crippen MR) is 209 cm³/mol. The van der Waals surface area contributed by atoms with Crippen LogP contribution in [0.5, 0.6) is 0 Å². The maximum Gasteiger partial charge on any atom is 0.0427 e. The zero-order valence-electron chi connectivity index (χ0n) is 26.9. The van der Waals surface area contributed by atoms with Gasteiger partial charge in [0.25, 0.3) is 0 Å². The van der Waals surface area contributed by atoms with Gasteiger partial charge in [-0.2, -0.15) is 0 Å². The Bertz CT molecular complexity index is 1640. The van der Waals surface area contributed by atoms with Crippen LogP contribution in [0.3, 0.4) is 0 Å². The van der Waals surface area contributed by atoms with Gasteiger partial charge < -0.3 is 10.6 Å². The molecule has 0 bridgehead atoms. The molecule has 7 rings (SSSR count). The molecule has 0 atom stereocenters. The van der Waals surface area contributed by atoms with Crippen molar-refractivity contribution in [1.29, 1.82) is 0 Å². The fraction of sp³-hybridized carbons (Fsp3) is 0.163. The van der Waals surface area contributed by atoms with Gasteiger partial charge in [0.1, 0.15) is 0 Å². The highest BCUT2D eigenvalue weighted by Gasteiger charge is 2.28. The summed E-state index contributed by atoms with van der Waals surface area (Å²) in [4.78, 5) is 0. The molecule has 234 valence electrons. The highest BCUT2D eigenvalue weighted by atomic mass is 31.1. The van der Waals surface area contributed by atoms with Crippen LogP contribution < -0.4 is 42.5 Å². The number of nitrogens with one attached hydrogen (secondary N) is 2. The monoisotopic (exact) mass is 648 g/mol. The number of hydrogen-bond acceptors (Lipinski definition) is 2. The lowest BCUT2D eigenvalue weighted by Gasteiger charge is -2.29. The molecule has 0 amide bonds. The third-order valence-corrected chi connectivity index (χ3v) is 13.8. The van der Waals surface area contributed by atoms with E-state index < -0.39 is 15.8 Å². The SMILES string of the molecule is c1ccc(P(c2ccccc2)c2cccc3c2-c2c(cccc2P(c2ccccc2)c2ccccc2)NCCCCCCCN3)cc1. The highest BCUT2D eigenvalue weighted by Crippen LogP contribution is 2.46. The van der Waals surface area contributed by atoms with Crippen LogP contribution in [-0.4, -0.2) is 13.1 Å².